The van der Waals surface area contributed by atoms with Crippen LogP contribution in [0.25, 0.3) is 0 Å². The number of fused-ring (bicyclic) bond motifs is 1. The maximum atomic E-state index is 12.6. The van der Waals surface area contributed by atoms with E-state index in [1.165, 1.54) is 0 Å². The van der Waals surface area contributed by atoms with E-state index in [0.29, 0.717) is 18.8 Å². The van der Waals surface area contributed by atoms with Gasteiger partial charge in [-0.3, -0.25) is 0 Å². The average Bonchev–Trinajstić information content (AvgIpc) is 3.00. The minimum Gasteiger partial charge on any atom is -0.492 e. The van der Waals surface area contributed by atoms with Crippen molar-refractivity contribution in [1.82, 2.24) is 4.72 Å². The van der Waals surface area contributed by atoms with Gasteiger partial charge in [-0.2, -0.15) is 0 Å². The highest BCUT2D eigenvalue weighted by Crippen LogP contribution is 2.35. The number of nitrogens with one attached hydrogen (secondary N) is 1. The molecule has 8 heteroatoms. The molecular weight excluding hydrogens is 416 g/mol. The molecule has 0 amide bonds. The van der Waals surface area contributed by atoms with Crippen LogP contribution in [0.3, 0.4) is 0 Å². The molecule has 0 spiro atoms. The lowest BCUT2D eigenvalue weighted by molar-refractivity contribution is 0.348. The third-order valence-corrected chi connectivity index (χ3v) is 5.61. The number of nitrogens with two attached hydrogens (primary N) is 1. The summed E-state index contributed by atoms with van der Waals surface area (Å²) in [5.74, 6) is 0.439. The van der Waals surface area contributed by atoms with E-state index in [2.05, 4.69) is 20.7 Å². The lowest BCUT2D eigenvalue weighted by Gasteiger charge is -2.15. The van der Waals surface area contributed by atoms with Crippen LogP contribution in [0.2, 0.25) is 0 Å². The van der Waals surface area contributed by atoms with E-state index in [9.17, 15) is 8.42 Å². The Kier molecular flexibility index (Phi) is 6.28. The second kappa shape index (κ2) is 7.84. The van der Waals surface area contributed by atoms with Gasteiger partial charge in [0.1, 0.15) is 10.6 Å². The first-order valence-corrected chi connectivity index (χ1v) is 9.50. The highest BCUT2D eigenvalue weighted by atomic mass is 79.9. The van der Waals surface area contributed by atoms with Crippen molar-refractivity contribution in [2.45, 2.75) is 17.4 Å². The highest BCUT2D eigenvalue weighted by molar-refractivity contribution is 9.10. The number of benzene rings is 2. The Bertz CT molecular complexity index is 816. The molecule has 1 atom stereocenters. The second-order valence-electron chi connectivity index (χ2n) is 5.36. The first-order chi connectivity index (χ1) is 11.0. The van der Waals surface area contributed by atoms with Crippen LogP contribution in [-0.2, 0) is 16.4 Å². The van der Waals surface area contributed by atoms with Gasteiger partial charge in [-0.1, -0.05) is 46.3 Å². The van der Waals surface area contributed by atoms with Crippen molar-refractivity contribution in [3.05, 3.63) is 58.1 Å². The van der Waals surface area contributed by atoms with Crippen molar-refractivity contribution in [3.8, 4) is 5.75 Å². The fourth-order valence-electron chi connectivity index (χ4n) is 2.53. The Morgan fingerprint density at radius 2 is 1.96 bits per heavy atom. The first kappa shape index (κ1) is 19.2. The molecule has 0 aliphatic carbocycles. The minimum atomic E-state index is -3.70. The molecule has 2 aromatic carbocycles. The second-order valence-corrected chi connectivity index (χ2v) is 8.01. The molecule has 2 aromatic rings. The van der Waals surface area contributed by atoms with Crippen molar-refractivity contribution in [2.24, 2.45) is 5.73 Å². The standard InChI is InChI=1S/C16H17BrN2O3S.ClH/c17-13-8-12-6-7-22-16(12)15(9-13)23(20,21)19-10-14(18)11-4-2-1-3-5-11;/h1-5,8-9,14,19H,6-7,10,18H2;1H. The van der Waals surface area contributed by atoms with Crippen LogP contribution in [0, 0.1) is 0 Å². The Labute approximate surface area is 156 Å². The van der Waals surface area contributed by atoms with E-state index in [-0.39, 0.29) is 23.8 Å². The lowest BCUT2D eigenvalue weighted by Crippen LogP contribution is -2.32. The molecule has 0 saturated carbocycles. The molecule has 1 aliphatic heterocycles. The molecule has 0 bridgehead atoms. The van der Waals surface area contributed by atoms with Crippen molar-refractivity contribution in [2.75, 3.05) is 13.2 Å². The topological polar surface area (TPSA) is 81.4 Å². The van der Waals surface area contributed by atoms with Gasteiger partial charge < -0.3 is 10.5 Å². The van der Waals surface area contributed by atoms with Crippen LogP contribution in [0.4, 0.5) is 0 Å². The van der Waals surface area contributed by atoms with Gasteiger partial charge in [-0.05, 0) is 17.7 Å². The van der Waals surface area contributed by atoms with Crippen LogP contribution in [0.15, 0.2) is 51.8 Å². The smallest absolute Gasteiger partial charge is 0.244 e. The summed E-state index contributed by atoms with van der Waals surface area (Å²) in [6.45, 7) is 0.617. The van der Waals surface area contributed by atoms with Crippen molar-refractivity contribution < 1.29 is 13.2 Å². The fourth-order valence-corrected chi connectivity index (χ4v) is 4.46. The van der Waals surface area contributed by atoms with Crippen LogP contribution in [0.5, 0.6) is 5.75 Å². The normalized spacial score (nSPS) is 14.4. The predicted octanol–water partition coefficient (Wildman–Crippen LogP) is 2.78. The number of ether oxygens (including phenoxy) is 1. The average molecular weight is 434 g/mol. The van der Waals surface area contributed by atoms with Crippen molar-refractivity contribution in [3.63, 3.8) is 0 Å². The summed E-state index contributed by atoms with van der Waals surface area (Å²) in [6, 6.07) is 12.4. The third kappa shape index (κ3) is 4.10. The summed E-state index contributed by atoms with van der Waals surface area (Å²) >= 11 is 3.35. The summed E-state index contributed by atoms with van der Waals surface area (Å²) < 4.78 is 34.0. The van der Waals surface area contributed by atoms with Crippen LogP contribution in [0.1, 0.15) is 17.2 Å². The first-order valence-electron chi connectivity index (χ1n) is 7.23. The Hall–Kier alpha value is -1.12. The van der Waals surface area contributed by atoms with Gasteiger partial charge in [0.25, 0.3) is 0 Å². The Morgan fingerprint density at radius 3 is 2.67 bits per heavy atom. The molecule has 24 heavy (non-hydrogen) atoms. The number of hydrogen-bond acceptors (Lipinski definition) is 4. The molecule has 3 rings (SSSR count). The zero-order chi connectivity index (χ0) is 16.4. The number of halogens is 2. The summed E-state index contributed by atoms with van der Waals surface area (Å²) in [4.78, 5) is 0.152. The third-order valence-electron chi connectivity index (χ3n) is 3.72. The maximum absolute atomic E-state index is 12.6. The van der Waals surface area contributed by atoms with Gasteiger partial charge in [0.15, 0.2) is 0 Å². The fraction of sp³-hybridized carbons (Fsp3) is 0.250. The maximum Gasteiger partial charge on any atom is 0.244 e. The molecule has 3 N–H and O–H groups in total. The number of sulfonamides is 1. The van der Waals surface area contributed by atoms with Gasteiger partial charge >= 0.3 is 0 Å². The zero-order valence-electron chi connectivity index (χ0n) is 12.7. The largest absolute Gasteiger partial charge is 0.492 e. The SMILES string of the molecule is Cl.NC(CNS(=O)(=O)c1cc(Br)cc2c1OCC2)c1ccccc1. The van der Waals surface area contributed by atoms with Crippen LogP contribution < -0.4 is 15.2 Å². The monoisotopic (exact) mass is 432 g/mol. The van der Waals surface area contributed by atoms with Gasteiger partial charge in [0.05, 0.1) is 6.61 Å². The zero-order valence-corrected chi connectivity index (χ0v) is 16.0. The van der Waals surface area contributed by atoms with E-state index < -0.39 is 16.1 Å². The van der Waals surface area contributed by atoms with E-state index in [1.54, 1.807) is 6.07 Å². The molecular formula is C16H18BrClN2O3S. The molecule has 1 unspecified atom stereocenters. The summed E-state index contributed by atoms with van der Waals surface area (Å²) in [5.41, 5.74) is 7.83. The molecule has 0 saturated heterocycles. The molecule has 0 aromatic heterocycles. The number of rotatable bonds is 5. The van der Waals surface area contributed by atoms with E-state index in [1.807, 2.05) is 36.4 Å². The van der Waals surface area contributed by atoms with Crippen molar-refractivity contribution >= 4 is 38.4 Å². The Morgan fingerprint density at radius 1 is 1.25 bits per heavy atom. The van der Waals surface area contributed by atoms with Crippen LogP contribution in [-0.4, -0.2) is 21.6 Å². The highest BCUT2D eigenvalue weighted by Gasteiger charge is 2.26. The number of hydrogen-bond donors (Lipinski definition) is 2. The van der Waals surface area contributed by atoms with E-state index in [0.717, 1.165) is 15.6 Å². The van der Waals surface area contributed by atoms with E-state index >= 15 is 0 Å². The molecule has 1 aliphatic rings. The van der Waals surface area contributed by atoms with E-state index in [4.69, 9.17) is 10.5 Å². The summed E-state index contributed by atoms with van der Waals surface area (Å²) in [7, 11) is -3.70. The van der Waals surface area contributed by atoms with Gasteiger partial charge in [0, 0.05) is 29.0 Å². The van der Waals surface area contributed by atoms with Gasteiger partial charge in [-0.25, -0.2) is 13.1 Å². The minimum absolute atomic E-state index is 0. The molecule has 0 radical (unpaired) electrons. The lowest BCUT2D eigenvalue weighted by atomic mass is 10.1. The molecule has 0 fully saturated rings. The Balaban J connectivity index is 0.00000208. The molecule has 130 valence electrons. The predicted molar refractivity (Wildman–Crippen MR) is 99.1 cm³/mol. The van der Waals surface area contributed by atoms with Gasteiger partial charge in [-0.15, -0.1) is 12.4 Å². The summed E-state index contributed by atoms with van der Waals surface area (Å²) in [6.07, 6.45) is 0.709. The molecule has 1 heterocycles. The van der Waals surface area contributed by atoms with Gasteiger partial charge in [0.2, 0.25) is 10.0 Å². The van der Waals surface area contributed by atoms with Crippen LogP contribution >= 0.6 is 28.3 Å². The summed E-state index contributed by atoms with van der Waals surface area (Å²) in [5, 5.41) is 0. The molecule has 5 nitrogen and oxygen atoms in total. The van der Waals surface area contributed by atoms with Crippen molar-refractivity contribution in [1.29, 1.82) is 0 Å². The quantitative estimate of drug-likeness (QED) is 0.760.